The molecule has 60 valence electrons. The molecule has 0 aliphatic carbocycles. The summed E-state index contributed by atoms with van der Waals surface area (Å²) in [7, 11) is 10.3. The zero-order valence-corrected chi connectivity index (χ0v) is 8.82. The van der Waals surface area contributed by atoms with Gasteiger partial charge in [0.15, 0.2) is 0 Å². The van der Waals surface area contributed by atoms with Gasteiger partial charge < -0.3 is 4.90 Å². The molecule has 4 heteroatoms. The van der Waals surface area contributed by atoms with Crippen molar-refractivity contribution in [2.75, 3.05) is 25.6 Å². The van der Waals surface area contributed by atoms with Crippen LogP contribution in [0.15, 0.2) is 0 Å². The third-order valence-corrected chi connectivity index (χ3v) is 5.95. The van der Waals surface area contributed by atoms with Crippen molar-refractivity contribution in [2.45, 2.75) is 12.5 Å². The van der Waals surface area contributed by atoms with Crippen LogP contribution in [0.3, 0.4) is 0 Å². The molecule has 1 rings (SSSR count). The molecule has 1 nitrogen and oxygen atoms in total. The highest BCUT2D eigenvalue weighted by molar-refractivity contribution is 9.09. The molecule has 1 unspecified atom stereocenters. The molecule has 10 heavy (non-hydrogen) atoms. The Balaban J connectivity index is 2.28. The van der Waals surface area contributed by atoms with Crippen LogP contribution in [-0.4, -0.2) is 36.5 Å². The van der Waals surface area contributed by atoms with Crippen molar-refractivity contribution in [3.8, 4) is 0 Å². The highest BCUT2D eigenvalue weighted by atomic mass is 33.5. The number of rotatable bonds is 1. The minimum atomic E-state index is 0.799. The molecule has 0 aromatic carbocycles. The van der Waals surface area contributed by atoms with Crippen LogP contribution < -0.4 is 0 Å². The first-order valence-corrected chi connectivity index (χ1v) is 7.20. The number of hydrogen-bond acceptors (Lipinski definition) is 4. The topological polar surface area (TPSA) is 3.24 Å². The van der Waals surface area contributed by atoms with Crippen LogP contribution in [0.1, 0.15) is 6.42 Å². The van der Waals surface area contributed by atoms with Crippen molar-refractivity contribution < 1.29 is 0 Å². The summed E-state index contributed by atoms with van der Waals surface area (Å²) in [6, 6.07) is 0.799. The maximum absolute atomic E-state index is 2.33. The monoisotopic (exact) mass is 195 g/mol. The Morgan fingerprint density at radius 1 is 1.30 bits per heavy atom. The average molecular weight is 195 g/mol. The second-order valence-electron chi connectivity index (χ2n) is 2.58. The Kier molecular flexibility index (Phi) is 4.37. The molecule has 1 aliphatic heterocycles. The zero-order chi connectivity index (χ0) is 7.40. The molecule has 1 fully saturated rings. The molecule has 0 amide bonds. The van der Waals surface area contributed by atoms with Gasteiger partial charge in [-0.3, -0.25) is 0 Å². The van der Waals surface area contributed by atoms with Crippen molar-refractivity contribution in [3.05, 3.63) is 0 Å². The predicted octanol–water partition coefficient (Wildman–Crippen LogP) is 2.35. The molecule has 0 radical (unpaired) electrons. The molecule has 0 saturated carbocycles. The van der Waals surface area contributed by atoms with Crippen LogP contribution >= 0.6 is 31.4 Å². The summed E-state index contributed by atoms with van der Waals surface area (Å²) >= 11 is 0. The lowest BCUT2D eigenvalue weighted by Crippen LogP contribution is -2.29. The van der Waals surface area contributed by atoms with Crippen LogP contribution in [0.4, 0.5) is 0 Å². The molecular formula is C6H13NS3. The standard InChI is InChI=1S/C6H13NS3/c1-7(2)6-3-4-8-10-9-5-6/h6H,3-5H2,1-2H3. The molecule has 0 spiro atoms. The summed E-state index contributed by atoms with van der Waals surface area (Å²) in [6.07, 6.45) is 1.34. The van der Waals surface area contributed by atoms with Gasteiger partial charge in [0.25, 0.3) is 0 Å². The average Bonchev–Trinajstić information content (AvgIpc) is 2.12. The molecule has 1 atom stereocenters. The highest BCUT2D eigenvalue weighted by Crippen LogP contribution is 2.39. The van der Waals surface area contributed by atoms with Gasteiger partial charge >= 0.3 is 0 Å². The lowest BCUT2D eigenvalue weighted by Gasteiger charge is -2.20. The van der Waals surface area contributed by atoms with Gasteiger partial charge in [-0.25, -0.2) is 0 Å². The minimum absolute atomic E-state index is 0.799. The zero-order valence-electron chi connectivity index (χ0n) is 6.37. The van der Waals surface area contributed by atoms with E-state index in [0.717, 1.165) is 6.04 Å². The quantitative estimate of drug-likeness (QED) is 0.591. The highest BCUT2D eigenvalue weighted by Gasteiger charge is 2.14. The third-order valence-electron chi connectivity index (χ3n) is 1.62. The Morgan fingerprint density at radius 2 is 2.10 bits per heavy atom. The van der Waals surface area contributed by atoms with E-state index in [-0.39, 0.29) is 0 Å². The second-order valence-corrected chi connectivity index (χ2v) is 6.98. The van der Waals surface area contributed by atoms with Crippen LogP contribution in [0, 0.1) is 0 Å². The number of nitrogens with zero attached hydrogens (tertiary/aromatic N) is 1. The van der Waals surface area contributed by atoms with E-state index in [1.807, 2.05) is 31.4 Å². The smallest absolute Gasteiger partial charge is 0.0202 e. The van der Waals surface area contributed by atoms with Crippen molar-refractivity contribution in [2.24, 2.45) is 0 Å². The van der Waals surface area contributed by atoms with Crippen LogP contribution in [0.25, 0.3) is 0 Å². The van der Waals surface area contributed by atoms with Crippen molar-refractivity contribution in [3.63, 3.8) is 0 Å². The molecule has 0 bridgehead atoms. The van der Waals surface area contributed by atoms with Crippen molar-refractivity contribution in [1.29, 1.82) is 0 Å². The third kappa shape index (κ3) is 2.95. The SMILES string of the molecule is CN(C)C1CCSSSC1. The molecule has 0 N–H and O–H groups in total. The van der Waals surface area contributed by atoms with Crippen LogP contribution in [0.5, 0.6) is 0 Å². The summed E-state index contributed by atoms with van der Waals surface area (Å²) in [5, 5.41) is 0. The van der Waals surface area contributed by atoms with E-state index in [1.165, 1.54) is 17.9 Å². The molecule has 0 aromatic rings. The normalized spacial score (nSPS) is 28.5. The first-order chi connectivity index (χ1) is 4.80. The van der Waals surface area contributed by atoms with Gasteiger partial charge in [-0.1, -0.05) is 21.6 Å². The minimum Gasteiger partial charge on any atom is -0.306 e. The van der Waals surface area contributed by atoms with E-state index in [2.05, 4.69) is 19.0 Å². The van der Waals surface area contributed by atoms with Gasteiger partial charge in [0.2, 0.25) is 0 Å². The summed E-state index contributed by atoms with van der Waals surface area (Å²) < 4.78 is 0. The van der Waals surface area contributed by atoms with Gasteiger partial charge in [0.1, 0.15) is 0 Å². The maximum Gasteiger partial charge on any atom is 0.0202 e. The molecule has 0 aromatic heterocycles. The Bertz CT molecular complexity index is 89.0. The first-order valence-electron chi connectivity index (χ1n) is 3.38. The molecule has 1 aliphatic rings. The largest absolute Gasteiger partial charge is 0.306 e. The van der Waals surface area contributed by atoms with Crippen LogP contribution in [-0.2, 0) is 0 Å². The van der Waals surface area contributed by atoms with Gasteiger partial charge in [0, 0.05) is 17.5 Å². The molecule has 1 saturated heterocycles. The van der Waals surface area contributed by atoms with E-state index in [4.69, 9.17) is 0 Å². The van der Waals surface area contributed by atoms with Gasteiger partial charge in [-0.2, -0.15) is 0 Å². The van der Waals surface area contributed by atoms with Gasteiger partial charge in [-0.05, 0) is 30.3 Å². The van der Waals surface area contributed by atoms with E-state index < -0.39 is 0 Å². The summed E-state index contributed by atoms with van der Waals surface area (Å²) in [5.41, 5.74) is 0. The van der Waals surface area contributed by atoms with E-state index in [9.17, 15) is 0 Å². The lowest BCUT2D eigenvalue weighted by atomic mass is 10.2. The maximum atomic E-state index is 2.33. The molecule has 1 heterocycles. The van der Waals surface area contributed by atoms with Gasteiger partial charge in [0.05, 0.1) is 0 Å². The summed E-state index contributed by atoms with van der Waals surface area (Å²) in [5.74, 6) is 2.59. The van der Waals surface area contributed by atoms with Crippen molar-refractivity contribution in [1.82, 2.24) is 4.90 Å². The van der Waals surface area contributed by atoms with E-state index in [0.29, 0.717) is 0 Å². The molecular weight excluding hydrogens is 182 g/mol. The first kappa shape index (κ1) is 9.10. The van der Waals surface area contributed by atoms with Crippen molar-refractivity contribution >= 4 is 31.4 Å². The lowest BCUT2D eigenvalue weighted by molar-refractivity contribution is 0.314. The fourth-order valence-corrected chi connectivity index (χ4v) is 5.09. The Morgan fingerprint density at radius 3 is 2.80 bits per heavy atom. The fourth-order valence-electron chi connectivity index (χ4n) is 0.849. The fraction of sp³-hybridized carbons (Fsp3) is 1.00. The predicted molar refractivity (Wildman–Crippen MR) is 54.6 cm³/mol. The van der Waals surface area contributed by atoms with E-state index in [1.54, 1.807) is 0 Å². The van der Waals surface area contributed by atoms with Crippen LogP contribution in [0.2, 0.25) is 0 Å². The summed E-state index contributed by atoms with van der Waals surface area (Å²) in [4.78, 5) is 2.33. The Labute approximate surface area is 74.5 Å². The summed E-state index contributed by atoms with van der Waals surface area (Å²) in [6.45, 7) is 0. The van der Waals surface area contributed by atoms with Gasteiger partial charge in [-0.15, -0.1) is 0 Å². The van der Waals surface area contributed by atoms with E-state index >= 15 is 0 Å². The second kappa shape index (κ2) is 4.80. The Hall–Kier alpha value is 1.01. The number of hydrogen-bond donors (Lipinski definition) is 0.